The number of hydrogen-bond donors (Lipinski definition) is 0. The van der Waals surface area contributed by atoms with Crippen LogP contribution in [0.4, 0.5) is 17.1 Å². The van der Waals surface area contributed by atoms with Crippen LogP contribution in [0, 0.1) is 0 Å². The maximum atomic E-state index is 9.40. The molecule has 0 spiro atoms. The van der Waals surface area contributed by atoms with Crippen LogP contribution in [0.15, 0.2) is 182 Å². The lowest BCUT2D eigenvalue weighted by Crippen LogP contribution is -2.11. The SMILES string of the molecule is [2H]c1c([2H])c(N(c2ccccc2)c2ccccc2-c2ccccc2)c([2H])c([2H])c1-c1ccc2c(c1)c1ccccc1n2-c1ccccc1. The van der Waals surface area contributed by atoms with Crippen LogP contribution in [-0.4, -0.2) is 4.57 Å². The molecule has 0 unspecified atom stereocenters. The van der Waals surface area contributed by atoms with E-state index in [0.29, 0.717) is 5.56 Å². The van der Waals surface area contributed by atoms with E-state index in [1.54, 1.807) is 0 Å². The van der Waals surface area contributed by atoms with Gasteiger partial charge >= 0.3 is 0 Å². The van der Waals surface area contributed by atoms with E-state index in [2.05, 4.69) is 28.8 Å². The molecule has 0 saturated heterocycles. The number of anilines is 3. The van der Waals surface area contributed by atoms with Gasteiger partial charge in [0.05, 0.1) is 22.2 Å². The van der Waals surface area contributed by atoms with Crippen molar-refractivity contribution in [2.75, 3.05) is 4.90 Å². The van der Waals surface area contributed by atoms with Crippen LogP contribution in [0.25, 0.3) is 49.7 Å². The van der Waals surface area contributed by atoms with Crippen molar-refractivity contribution in [1.82, 2.24) is 4.57 Å². The van der Waals surface area contributed by atoms with E-state index in [4.69, 9.17) is 0 Å². The van der Waals surface area contributed by atoms with E-state index < -0.39 is 0 Å². The summed E-state index contributed by atoms with van der Waals surface area (Å²) in [5.41, 5.74) is 7.63. The number of aromatic nitrogens is 1. The Balaban J connectivity index is 1.35. The molecule has 0 aliphatic heterocycles. The van der Waals surface area contributed by atoms with Crippen molar-refractivity contribution >= 4 is 38.9 Å². The van der Waals surface area contributed by atoms with Gasteiger partial charge in [-0.2, -0.15) is 0 Å². The van der Waals surface area contributed by atoms with Crippen LogP contribution in [0.3, 0.4) is 0 Å². The Kier molecular flexibility index (Phi) is 5.49. The summed E-state index contributed by atoms with van der Waals surface area (Å²) in [4.78, 5) is 1.85. The minimum atomic E-state index is -0.107. The van der Waals surface area contributed by atoms with Crippen molar-refractivity contribution in [3.8, 4) is 27.9 Å². The second-order valence-electron chi connectivity index (χ2n) is 10.7. The van der Waals surface area contributed by atoms with Gasteiger partial charge in [0.1, 0.15) is 0 Å². The van der Waals surface area contributed by atoms with Gasteiger partial charge in [-0.25, -0.2) is 0 Å². The lowest BCUT2D eigenvalue weighted by molar-refractivity contribution is 1.18. The number of rotatable bonds is 6. The fraction of sp³-hybridized carbons (Fsp3) is 0. The fourth-order valence-corrected chi connectivity index (χ4v) is 6.04. The summed E-state index contributed by atoms with van der Waals surface area (Å²) in [6, 6.07) is 51.5. The molecule has 1 heterocycles. The van der Waals surface area contributed by atoms with Crippen molar-refractivity contribution in [1.29, 1.82) is 0 Å². The monoisotopic (exact) mass is 566 g/mol. The highest BCUT2D eigenvalue weighted by molar-refractivity contribution is 6.10. The number of benzene rings is 7. The van der Waals surface area contributed by atoms with Gasteiger partial charge in [-0.05, 0) is 77.3 Å². The van der Waals surface area contributed by atoms with Gasteiger partial charge in [-0.1, -0.05) is 121 Å². The predicted molar refractivity (Wildman–Crippen MR) is 186 cm³/mol. The standard InChI is InChI=1S/C42H30N2/c1-4-14-32(15-5-1)37-20-10-12-22-40(37)43(34-16-6-2-7-17-34)36-27-24-31(25-28-36)33-26-29-42-39(30-33)38-21-11-13-23-41(38)44(42)35-18-8-3-9-19-35/h1-30H/i24D,25D,27D,28D. The van der Waals surface area contributed by atoms with Crippen molar-refractivity contribution in [3.63, 3.8) is 0 Å². The first-order valence-corrected chi connectivity index (χ1v) is 14.7. The highest BCUT2D eigenvalue weighted by atomic mass is 15.1. The zero-order valence-electron chi connectivity index (χ0n) is 27.9. The van der Waals surface area contributed by atoms with E-state index >= 15 is 0 Å². The smallest absolute Gasteiger partial charge is 0.0645 e. The lowest BCUT2D eigenvalue weighted by Gasteiger charge is -2.28. The summed E-state index contributed by atoms with van der Waals surface area (Å²) >= 11 is 0. The number of nitrogens with zero attached hydrogens (tertiary/aromatic N) is 2. The van der Waals surface area contributed by atoms with Crippen LogP contribution in [0.5, 0.6) is 0 Å². The topological polar surface area (TPSA) is 8.17 Å². The number of para-hydroxylation sites is 4. The Morgan fingerprint density at radius 1 is 0.432 bits per heavy atom. The molecule has 0 aliphatic rings. The largest absolute Gasteiger partial charge is 0.310 e. The third-order valence-electron chi connectivity index (χ3n) is 8.06. The summed E-state index contributed by atoms with van der Waals surface area (Å²) < 4.78 is 39.7. The van der Waals surface area contributed by atoms with Crippen molar-refractivity contribution < 1.29 is 5.48 Å². The zero-order valence-corrected chi connectivity index (χ0v) is 23.9. The molecule has 0 fully saturated rings. The highest BCUT2D eigenvalue weighted by Crippen LogP contribution is 2.41. The molecule has 0 bridgehead atoms. The normalized spacial score (nSPS) is 12.5. The summed E-state index contributed by atoms with van der Waals surface area (Å²) in [6.45, 7) is 0. The molecule has 0 saturated carbocycles. The zero-order chi connectivity index (χ0) is 32.8. The summed E-state index contributed by atoms with van der Waals surface area (Å²) in [7, 11) is 0. The van der Waals surface area contributed by atoms with E-state index in [1.165, 1.54) is 0 Å². The summed E-state index contributed by atoms with van der Waals surface area (Å²) in [6.07, 6.45) is 0. The van der Waals surface area contributed by atoms with Gasteiger partial charge in [-0.15, -0.1) is 0 Å². The second kappa shape index (κ2) is 11.1. The second-order valence-corrected chi connectivity index (χ2v) is 10.7. The summed E-state index contributed by atoms with van der Waals surface area (Å²) in [5, 5.41) is 2.04. The molecule has 8 rings (SSSR count). The van der Waals surface area contributed by atoms with Crippen molar-refractivity contribution in [2.45, 2.75) is 0 Å². The molecule has 0 radical (unpaired) electrons. The fourth-order valence-electron chi connectivity index (χ4n) is 6.04. The molecule has 8 aromatic rings. The van der Waals surface area contributed by atoms with Crippen molar-refractivity contribution in [3.05, 3.63) is 182 Å². The van der Waals surface area contributed by atoms with Crippen LogP contribution in [0.2, 0.25) is 0 Å². The van der Waals surface area contributed by atoms with Gasteiger partial charge in [0.25, 0.3) is 0 Å². The molecule has 0 aliphatic carbocycles. The molecule has 208 valence electrons. The van der Waals surface area contributed by atoms with E-state index in [-0.39, 0.29) is 35.4 Å². The quantitative estimate of drug-likeness (QED) is 0.194. The third-order valence-corrected chi connectivity index (χ3v) is 8.06. The highest BCUT2D eigenvalue weighted by Gasteiger charge is 2.17. The summed E-state index contributed by atoms with van der Waals surface area (Å²) in [5.74, 6) is 0. The van der Waals surface area contributed by atoms with Crippen LogP contribution in [-0.2, 0) is 0 Å². The predicted octanol–water partition coefficient (Wildman–Crippen LogP) is 11.6. The molecule has 44 heavy (non-hydrogen) atoms. The molecule has 0 amide bonds. The van der Waals surface area contributed by atoms with E-state index in [9.17, 15) is 5.48 Å². The van der Waals surface area contributed by atoms with Crippen LogP contribution in [0.1, 0.15) is 5.48 Å². The Bertz CT molecular complexity index is 2410. The van der Waals surface area contributed by atoms with Gasteiger partial charge in [0, 0.05) is 33.4 Å². The molecule has 7 aromatic carbocycles. The Morgan fingerprint density at radius 2 is 1.05 bits per heavy atom. The van der Waals surface area contributed by atoms with Crippen LogP contribution >= 0.6 is 0 Å². The first-order chi connectivity index (χ1) is 23.5. The first-order valence-electron chi connectivity index (χ1n) is 16.7. The van der Waals surface area contributed by atoms with Crippen LogP contribution < -0.4 is 4.90 Å². The molecular weight excluding hydrogens is 532 g/mol. The van der Waals surface area contributed by atoms with Gasteiger partial charge < -0.3 is 9.47 Å². The third kappa shape index (κ3) is 4.54. The van der Waals surface area contributed by atoms with Gasteiger partial charge in [0.15, 0.2) is 0 Å². The molecule has 2 nitrogen and oxygen atoms in total. The van der Waals surface area contributed by atoms with E-state index in [0.717, 1.165) is 50.0 Å². The molecular formula is C42H30N2. The molecule has 2 heteroatoms. The Labute approximate surface area is 263 Å². The number of hydrogen-bond acceptors (Lipinski definition) is 1. The molecule has 0 N–H and O–H groups in total. The van der Waals surface area contributed by atoms with Gasteiger partial charge in [-0.3, -0.25) is 0 Å². The first kappa shape index (κ1) is 21.8. The minimum absolute atomic E-state index is 0.0877. The minimum Gasteiger partial charge on any atom is -0.310 e. The van der Waals surface area contributed by atoms with Gasteiger partial charge in [0.2, 0.25) is 0 Å². The maximum Gasteiger partial charge on any atom is 0.0645 e. The lowest BCUT2D eigenvalue weighted by atomic mass is 10.0. The average molecular weight is 567 g/mol. The number of fused-ring (bicyclic) bond motifs is 3. The van der Waals surface area contributed by atoms with E-state index in [1.807, 2.05) is 138 Å². The van der Waals surface area contributed by atoms with Crippen molar-refractivity contribution in [2.24, 2.45) is 0 Å². The Hall–Kier alpha value is -5.86. The molecule has 0 atom stereocenters. The molecule has 1 aromatic heterocycles. The Morgan fingerprint density at radius 3 is 1.82 bits per heavy atom. The maximum absolute atomic E-state index is 9.40. The average Bonchev–Trinajstić information content (AvgIpc) is 3.47.